The van der Waals surface area contributed by atoms with E-state index < -0.39 is 11.9 Å². The van der Waals surface area contributed by atoms with Crippen LogP contribution < -0.4 is 11.1 Å². The number of carbonyl (C=O) groups is 2. The highest BCUT2D eigenvalue weighted by molar-refractivity contribution is 5.97. The van der Waals surface area contributed by atoms with Crippen molar-refractivity contribution in [2.24, 2.45) is 17.1 Å². The van der Waals surface area contributed by atoms with Gasteiger partial charge in [-0.3, -0.25) is 9.59 Å². The quantitative estimate of drug-likeness (QED) is 0.523. The number of amides is 2. The number of nitrogens with one attached hydrogen (secondary N) is 1. The summed E-state index contributed by atoms with van der Waals surface area (Å²) in [6.07, 6.45) is 9.28. The zero-order valence-electron chi connectivity index (χ0n) is 22.3. The molecule has 3 N–H and O–H groups in total. The number of benzene rings is 2. The molecule has 2 aromatic carbocycles. The molecule has 5 rings (SSSR count). The number of primary amides is 1. The predicted molar refractivity (Wildman–Crippen MR) is 149 cm³/mol. The van der Waals surface area contributed by atoms with Gasteiger partial charge in [-0.2, -0.15) is 0 Å². The van der Waals surface area contributed by atoms with Crippen LogP contribution in [0.3, 0.4) is 0 Å². The second-order valence-corrected chi connectivity index (χ2v) is 11.8. The maximum atomic E-state index is 13.0. The molecule has 2 amide bonds. The Labute approximate surface area is 221 Å². The molecule has 198 valence electrons. The van der Waals surface area contributed by atoms with Gasteiger partial charge in [0, 0.05) is 30.9 Å². The standard InChI is InChI=1S/C31H42N4O2/c1-31(16-4-17-31)22-34-19-14-23(15-20-34)21-33-27-12-10-25(11-13-27)24-6-8-26(9-7-24)30(37)35-18-3-2-5-28(35)29(32)36/h6-13,23,28,33H,2-5,14-22H2,1H3,(H2,32,36)/t28-/m1/s1. The summed E-state index contributed by atoms with van der Waals surface area (Å²) >= 11 is 0. The molecule has 0 unspecified atom stereocenters. The first-order valence-corrected chi connectivity index (χ1v) is 14.2. The molecule has 37 heavy (non-hydrogen) atoms. The zero-order chi connectivity index (χ0) is 25.8. The lowest BCUT2D eigenvalue weighted by molar-refractivity contribution is -0.123. The highest BCUT2D eigenvalue weighted by atomic mass is 16.2. The van der Waals surface area contributed by atoms with Crippen LogP contribution in [0.2, 0.25) is 0 Å². The van der Waals surface area contributed by atoms with Gasteiger partial charge < -0.3 is 20.9 Å². The van der Waals surface area contributed by atoms with Gasteiger partial charge in [-0.1, -0.05) is 37.6 Å². The Morgan fingerprint density at radius 3 is 2.14 bits per heavy atom. The van der Waals surface area contributed by atoms with Gasteiger partial charge in [0.05, 0.1) is 0 Å². The number of anilines is 1. The van der Waals surface area contributed by atoms with Crippen molar-refractivity contribution >= 4 is 17.5 Å². The predicted octanol–water partition coefficient (Wildman–Crippen LogP) is 5.15. The molecule has 3 fully saturated rings. The molecule has 2 aliphatic heterocycles. The average molecular weight is 503 g/mol. The molecule has 1 aliphatic carbocycles. The number of nitrogens with two attached hydrogens (primary N) is 1. The van der Waals surface area contributed by atoms with Gasteiger partial charge >= 0.3 is 0 Å². The highest BCUT2D eigenvalue weighted by Crippen LogP contribution is 2.41. The molecule has 2 saturated heterocycles. The van der Waals surface area contributed by atoms with Gasteiger partial charge in [-0.15, -0.1) is 0 Å². The van der Waals surface area contributed by atoms with Crippen molar-refractivity contribution in [3.63, 3.8) is 0 Å². The fourth-order valence-corrected chi connectivity index (χ4v) is 6.31. The summed E-state index contributed by atoms with van der Waals surface area (Å²) in [6, 6.07) is 15.7. The monoisotopic (exact) mass is 502 g/mol. The number of likely N-dealkylation sites (tertiary alicyclic amines) is 2. The van der Waals surface area contributed by atoms with Gasteiger partial charge in [-0.25, -0.2) is 0 Å². The second-order valence-electron chi connectivity index (χ2n) is 11.8. The minimum atomic E-state index is -0.496. The van der Waals surface area contributed by atoms with Crippen LogP contribution in [0.4, 0.5) is 5.69 Å². The zero-order valence-corrected chi connectivity index (χ0v) is 22.3. The van der Waals surface area contributed by atoms with Crippen LogP contribution in [0, 0.1) is 11.3 Å². The van der Waals surface area contributed by atoms with Gasteiger partial charge in [-0.05, 0) is 105 Å². The first kappa shape index (κ1) is 25.8. The molecular formula is C31H42N4O2. The third kappa shape index (κ3) is 6.18. The first-order chi connectivity index (χ1) is 17.9. The second kappa shape index (κ2) is 11.3. The van der Waals surface area contributed by atoms with Crippen LogP contribution in [-0.4, -0.2) is 60.4 Å². The summed E-state index contributed by atoms with van der Waals surface area (Å²) in [7, 11) is 0. The Balaban J connectivity index is 1.11. The summed E-state index contributed by atoms with van der Waals surface area (Å²) in [5, 5.41) is 3.65. The van der Waals surface area contributed by atoms with Crippen molar-refractivity contribution in [2.45, 2.75) is 64.3 Å². The normalized spacial score (nSPS) is 22.3. The van der Waals surface area contributed by atoms with Crippen molar-refractivity contribution in [3.8, 4) is 11.1 Å². The molecule has 1 saturated carbocycles. The molecule has 0 aromatic heterocycles. The van der Waals surface area contributed by atoms with Crippen LogP contribution >= 0.6 is 0 Å². The van der Waals surface area contributed by atoms with Gasteiger partial charge in [0.25, 0.3) is 5.91 Å². The van der Waals surface area contributed by atoms with Crippen molar-refractivity contribution in [3.05, 3.63) is 54.1 Å². The summed E-state index contributed by atoms with van der Waals surface area (Å²) in [5.74, 6) is 0.212. The summed E-state index contributed by atoms with van der Waals surface area (Å²) in [6.45, 7) is 7.83. The van der Waals surface area contributed by atoms with E-state index in [1.807, 2.05) is 24.3 Å². The lowest BCUT2D eigenvalue weighted by atomic mass is 9.70. The number of hydrogen-bond acceptors (Lipinski definition) is 4. The lowest BCUT2D eigenvalue weighted by Gasteiger charge is -2.44. The van der Waals surface area contributed by atoms with Crippen LogP contribution in [0.5, 0.6) is 0 Å². The fraction of sp³-hybridized carbons (Fsp3) is 0.548. The minimum Gasteiger partial charge on any atom is -0.385 e. The molecule has 0 bridgehead atoms. The number of carbonyl (C=O) groups excluding carboxylic acids is 2. The summed E-state index contributed by atoms with van der Waals surface area (Å²) < 4.78 is 0. The van der Waals surface area contributed by atoms with Gasteiger partial charge in [0.1, 0.15) is 6.04 Å². The largest absolute Gasteiger partial charge is 0.385 e. The number of rotatable bonds is 8. The highest BCUT2D eigenvalue weighted by Gasteiger charge is 2.34. The number of piperidine rings is 2. The summed E-state index contributed by atoms with van der Waals surface area (Å²) in [5.41, 5.74) is 10.1. The third-order valence-corrected chi connectivity index (χ3v) is 8.91. The van der Waals surface area contributed by atoms with Crippen molar-refractivity contribution in [1.29, 1.82) is 0 Å². The molecule has 2 heterocycles. The Bertz CT molecular complexity index is 1070. The topological polar surface area (TPSA) is 78.7 Å². The number of nitrogens with zero attached hydrogens (tertiary/aromatic N) is 2. The molecular weight excluding hydrogens is 460 g/mol. The van der Waals surface area contributed by atoms with Crippen LogP contribution in [-0.2, 0) is 4.79 Å². The molecule has 3 aliphatic rings. The van der Waals surface area contributed by atoms with Crippen LogP contribution in [0.1, 0.15) is 68.6 Å². The third-order valence-electron chi connectivity index (χ3n) is 8.91. The molecule has 6 nitrogen and oxygen atoms in total. The van der Waals surface area contributed by atoms with Crippen LogP contribution in [0.15, 0.2) is 48.5 Å². The van der Waals surface area contributed by atoms with E-state index >= 15 is 0 Å². The Morgan fingerprint density at radius 1 is 0.892 bits per heavy atom. The van der Waals surface area contributed by atoms with E-state index in [1.165, 1.54) is 51.7 Å². The maximum Gasteiger partial charge on any atom is 0.254 e. The van der Waals surface area contributed by atoms with E-state index in [9.17, 15) is 9.59 Å². The Kier molecular flexibility index (Phi) is 7.84. The molecule has 2 aromatic rings. The van der Waals surface area contributed by atoms with Crippen molar-refractivity contribution < 1.29 is 9.59 Å². The van der Waals surface area contributed by atoms with Gasteiger partial charge in [0.15, 0.2) is 0 Å². The molecule has 0 radical (unpaired) electrons. The van der Waals surface area contributed by atoms with E-state index in [2.05, 4.69) is 41.4 Å². The molecule has 1 atom stereocenters. The fourth-order valence-electron chi connectivity index (χ4n) is 6.31. The molecule has 0 spiro atoms. The molecule has 6 heteroatoms. The van der Waals surface area contributed by atoms with Crippen molar-refractivity contribution in [1.82, 2.24) is 9.80 Å². The van der Waals surface area contributed by atoms with Gasteiger partial charge in [0.2, 0.25) is 5.91 Å². The minimum absolute atomic E-state index is 0.113. The Hall–Kier alpha value is -2.86. The average Bonchev–Trinajstić information content (AvgIpc) is 2.92. The van der Waals surface area contributed by atoms with E-state index in [0.29, 0.717) is 23.9 Å². The van der Waals surface area contributed by atoms with E-state index in [4.69, 9.17) is 5.73 Å². The first-order valence-electron chi connectivity index (χ1n) is 14.2. The van der Waals surface area contributed by atoms with Crippen molar-refractivity contribution in [2.75, 3.05) is 38.0 Å². The number of hydrogen-bond donors (Lipinski definition) is 2. The SMILES string of the molecule is CC1(CN2CCC(CNc3ccc(-c4ccc(C(=O)N5CCCC[C@@H]5C(N)=O)cc4)cc3)CC2)CCC1. The van der Waals surface area contributed by atoms with E-state index in [-0.39, 0.29) is 5.91 Å². The summed E-state index contributed by atoms with van der Waals surface area (Å²) in [4.78, 5) is 29.1. The maximum absolute atomic E-state index is 13.0. The lowest BCUT2D eigenvalue weighted by Crippen LogP contribution is -2.50. The Morgan fingerprint density at radius 2 is 1.54 bits per heavy atom. The van der Waals surface area contributed by atoms with E-state index in [1.54, 1.807) is 4.90 Å². The smallest absolute Gasteiger partial charge is 0.254 e. The van der Waals surface area contributed by atoms with E-state index in [0.717, 1.165) is 42.1 Å². The van der Waals surface area contributed by atoms with Crippen LogP contribution in [0.25, 0.3) is 11.1 Å².